The van der Waals surface area contributed by atoms with Crippen molar-refractivity contribution in [2.75, 3.05) is 20.3 Å². The average molecular weight is 317 g/mol. The van der Waals surface area contributed by atoms with Gasteiger partial charge in [0, 0.05) is 55.9 Å². The number of nitrogens with zero attached hydrogens (tertiary/aromatic N) is 3. The van der Waals surface area contributed by atoms with Crippen LogP contribution in [-0.4, -0.2) is 40.8 Å². The highest BCUT2D eigenvalue weighted by Crippen LogP contribution is 2.27. The molecule has 1 amide bonds. The highest BCUT2D eigenvalue weighted by molar-refractivity contribution is 7.10. The molecule has 0 bridgehead atoms. The Labute approximate surface area is 133 Å². The maximum Gasteiger partial charge on any atom is 0.246 e. The number of aryl methyl sites for hydroxylation is 1. The van der Waals surface area contributed by atoms with E-state index >= 15 is 0 Å². The van der Waals surface area contributed by atoms with Gasteiger partial charge in [-0.1, -0.05) is 6.07 Å². The normalized spacial score (nSPS) is 17.9. The molecule has 0 aliphatic carbocycles. The predicted octanol–water partition coefficient (Wildman–Crippen LogP) is 2.27. The molecule has 3 heterocycles. The van der Waals surface area contributed by atoms with Crippen LogP contribution in [0, 0.1) is 0 Å². The summed E-state index contributed by atoms with van der Waals surface area (Å²) in [7, 11) is 3.59. The summed E-state index contributed by atoms with van der Waals surface area (Å²) < 4.78 is 7.10. The molecule has 116 valence electrons. The molecule has 0 saturated heterocycles. The molecular formula is C16H19N3O2S. The van der Waals surface area contributed by atoms with Crippen LogP contribution in [0.2, 0.25) is 0 Å². The van der Waals surface area contributed by atoms with Crippen molar-refractivity contribution in [2.24, 2.45) is 7.05 Å². The van der Waals surface area contributed by atoms with Gasteiger partial charge in [0.2, 0.25) is 5.91 Å². The minimum absolute atomic E-state index is 0.0315. The van der Waals surface area contributed by atoms with Crippen molar-refractivity contribution in [2.45, 2.75) is 12.5 Å². The second-order valence-corrected chi connectivity index (χ2v) is 6.41. The lowest BCUT2D eigenvalue weighted by Gasteiger charge is -2.31. The molecule has 0 radical (unpaired) electrons. The van der Waals surface area contributed by atoms with Gasteiger partial charge >= 0.3 is 0 Å². The molecule has 5 nitrogen and oxygen atoms in total. The van der Waals surface area contributed by atoms with Crippen LogP contribution < -0.4 is 0 Å². The first-order valence-corrected chi connectivity index (χ1v) is 8.07. The van der Waals surface area contributed by atoms with E-state index < -0.39 is 0 Å². The number of carbonyl (C=O) groups excluding carboxylic acids is 1. The minimum Gasteiger partial charge on any atom is -0.384 e. The highest BCUT2D eigenvalue weighted by Gasteiger charge is 2.29. The fourth-order valence-corrected chi connectivity index (χ4v) is 3.41. The largest absolute Gasteiger partial charge is 0.384 e. The topological polar surface area (TPSA) is 47.4 Å². The first kappa shape index (κ1) is 15.0. The summed E-state index contributed by atoms with van der Waals surface area (Å²) in [6.07, 6.45) is 5.51. The first-order chi connectivity index (χ1) is 10.7. The Bertz CT molecular complexity index is 676. The van der Waals surface area contributed by atoms with Gasteiger partial charge in [0.05, 0.1) is 12.3 Å². The molecule has 1 unspecified atom stereocenters. The van der Waals surface area contributed by atoms with Crippen LogP contribution in [0.4, 0.5) is 0 Å². The first-order valence-electron chi connectivity index (χ1n) is 7.19. The van der Waals surface area contributed by atoms with Crippen molar-refractivity contribution in [3.8, 4) is 0 Å². The average Bonchev–Trinajstić information content (AvgIpc) is 3.13. The van der Waals surface area contributed by atoms with Gasteiger partial charge in [-0.15, -0.1) is 11.3 Å². The summed E-state index contributed by atoms with van der Waals surface area (Å²) in [6.45, 7) is 1.82. The van der Waals surface area contributed by atoms with E-state index in [0.29, 0.717) is 19.7 Å². The van der Waals surface area contributed by atoms with Gasteiger partial charge in [-0.2, -0.15) is 5.10 Å². The molecule has 0 saturated carbocycles. The maximum absolute atomic E-state index is 12.4. The third-order valence-corrected chi connectivity index (χ3v) is 4.58. The van der Waals surface area contributed by atoms with Crippen molar-refractivity contribution < 1.29 is 9.53 Å². The van der Waals surface area contributed by atoms with E-state index in [1.807, 2.05) is 46.4 Å². The SMILES string of the molecule is COCC1CN(C(=O)/C=C/c2cccs2)Cc2cn(C)nc21. The molecule has 0 N–H and O–H groups in total. The summed E-state index contributed by atoms with van der Waals surface area (Å²) in [6, 6.07) is 3.98. The molecule has 6 heteroatoms. The van der Waals surface area contributed by atoms with Gasteiger partial charge in [-0.25, -0.2) is 0 Å². The number of amides is 1. The lowest BCUT2D eigenvalue weighted by molar-refractivity contribution is -0.127. The summed E-state index contributed by atoms with van der Waals surface area (Å²) in [5.41, 5.74) is 2.16. The van der Waals surface area contributed by atoms with Crippen LogP contribution in [-0.2, 0) is 23.1 Å². The van der Waals surface area contributed by atoms with Gasteiger partial charge in [-0.3, -0.25) is 9.48 Å². The molecule has 1 aliphatic heterocycles. The number of hydrogen-bond donors (Lipinski definition) is 0. The zero-order chi connectivity index (χ0) is 15.5. The van der Waals surface area contributed by atoms with Crippen molar-refractivity contribution in [3.63, 3.8) is 0 Å². The van der Waals surface area contributed by atoms with Crippen LogP contribution in [0.1, 0.15) is 22.1 Å². The molecule has 3 rings (SSSR count). The highest BCUT2D eigenvalue weighted by atomic mass is 32.1. The summed E-state index contributed by atoms with van der Waals surface area (Å²) in [5.74, 6) is 0.165. The standard InChI is InChI=1S/C16H19N3O2S/c1-18-8-12-9-19(10-13(11-21-2)16(12)17-18)15(20)6-5-14-4-3-7-22-14/h3-8,13H,9-11H2,1-2H3/b6-5+. The van der Waals surface area contributed by atoms with Crippen LogP contribution in [0.15, 0.2) is 29.8 Å². The minimum atomic E-state index is 0.0315. The Balaban J connectivity index is 1.76. The number of carbonyl (C=O) groups is 1. The van der Waals surface area contributed by atoms with E-state index in [0.717, 1.165) is 16.1 Å². The number of fused-ring (bicyclic) bond motifs is 1. The Kier molecular flexibility index (Phi) is 4.40. The lowest BCUT2D eigenvalue weighted by Crippen LogP contribution is -2.38. The number of rotatable bonds is 4. The fraction of sp³-hybridized carbons (Fsp3) is 0.375. The third kappa shape index (κ3) is 3.13. The van der Waals surface area contributed by atoms with Gasteiger partial charge in [0.25, 0.3) is 0 Å². The van der Waals surface area contributed by atoms with Gasteiger partial charge in [0.1, 0.15) is 0 Å². The zero-order valence-electron chi connectivity index (χ0n) is 12.7. The van der Waals surface area contributed by atoms with Crippen molar-refractivity contribution in [3.05, 3.63) is 45.9 Å². The Morgan fingerprint density at radius 1 is 1.59 bits per heavy atom. The second-order valence-electron chi connectivity index (χ2n) is 5.43. The second kappa shape index (κ2) is 6.46. The number of hydrogen-bond acceptors (Lipinski definition) is 4. The molecular weight excluding hydrogens is 298 g/mol. The summed E-state index contributed by atoms with van der Waals surface area (Å²) in [4.78, 5) is 15.4. The molecule has 2 aromatic rings. The third-order valence-electron chi connectivity index (χ3n) is 3.74. The van der Waals surface area contributed by atoms with E-state index in [1.165, 1.54) is 0 Å². The molecule has 0 fully saturated rings. The van der Waals surface area contributed by atoms with E-state index in [9.17, 15) is 4.79 Å². The van der Waals surface area contributed by atoms with Gasteiger partial charge < -0.3 is 9.64 Å². The Morgan fingerprint density at radius 2 is 2.45 bits per heavy atom. The number of aromatic nitrogens is 2. The maximum atomic E-state index is 12.4. The number of methoxy groups -OCH3 is 1. The number of ether oxygens (including phenoxy) is 1. The Hall–Kier alpha value is -1.92. The molecule has 1 aliphatic rings. The van der Waals surface area contributed by atoms with E-state index in [2.05, 4.69) is 5.10 Å². The van der Waals surface area contributed by atoms with Crippen molar-refractivity contribution in [1.29, 1.82) is 0 Å². The number of thiophene rings is 1. The molecule has 0 aromatic carbocycles. The molecule has 22 heavy (non-hydrogen) atoms. The van der Waals surface area contributed by atoms with Crippen LogP contribution in [0.5, 0.6) is 0 Å². The van der Waals surface area contributed by atoms with E-state index in [-0.39, 0.29) is 11.8 Å². The smallest absolute Gasteiger partial charge is 0.246 e. The van der Waals surface area contributed by atoms with Crippen molar-refractivity contribution >= 4 is 23.3 Å². The quantitative estimate of drug-likeness (QED) is 0.813. The predicted molar refractivity (Wildman–Crippen MR) is 86.6 cm³/mol. The zero-order valence-corrected chi connectivity index (χ0v) is 13.5. The van der Waals surface area contributed by atoms with Crippen molar-refractivity contribution in [1.82, 2.24) is 14.7 Å². The van der Waals surface area contributed by atoms with Gasteiger partial charge in [-0.05, 0) is 17.5 Å². The monoisotopic (exact) mass is 317 g/mol. The molecule has 0 spiro atoms. The van der Waals surface area contributed by atoms with Gasteiger partial charge in [0.15, 0.2) is 0 Å². The van der Waals surface area contributed by atoms with Crippen LogP contribution in [0.3, 0.4) is 0 Å². The van der Waals surface area contributed by atoms with E-state index in [1.54, 1.807) is 24.5 Å². The van der Waals surface area contributed by atoms with Crippen LogP contribution in [0.25, 0.3) is 6.08 Å². The Morgan fingerprint density at radius 3 is 3.18 bits per heavy atom. The molecule has 1 atom stereocenters. The molecule has 2 aromatic heterocycles. The van der Waals surface area contributed by atoms with E-state index in [4.69, 9.17) is 4.74 Å². The fourth-order valence-electron chi connectivity index (χ4n) is 2.79. The van der Waals surface area contributed by atoms with Crippen LogP contribution >= 0.6 is 11.3 Å². The lowest BCUT2D eigenvalue weighted by atomic mass is 9.97. The summed E-state index contributed by atoms with van der Waals surface area (Å²) in [5, 5.41) is 6.52. The summed E-state index contributed by atoms with van der Waals surface area (Å²) >= 11 is 1.62.